The lowest BCUT2D eigenvalue weighted by atomic mass is 10.1. The average molecular weight is 406 g/mol. The van der Waals surface area contributed by atoms with E-state index in [0.717, 1.165) is 11.0 Å². The van der Waals surface area contributed by atoms with Crippen LogP contribution in [0.15, 0.2) is 42.5 Å². The molecule has 2 amide bonds. The minimum Gasteiger partial charge on any atom is -0.494 e. The standard InChI is InChI=1S/C20H20F2N2O5/c1-24(11-18(25)23-15-6-4-14(21)5-7-15)19(26)12-29-20(27)10-13-3-8-17(28-2)16(22)9-13/h3-9H,10-12H2,1-2H3,(H,23,25). The first-order valence-electron chi connectivity index (χ1n) is 8.56. The number of hydrogen-bond acceptors (Lipinski definition) is 5. The number of hydrogen-bond donors (Lipinski definition) is 1. The van der Waals surface area contributed by atoms with Gasteiger partial charge in [0.25, 0.3) is 5.91 Å². The van der Waals surface area contributed by atoms with Crippen LogP contribution < -0.4 is 10.1 Å². The molecule has 2 aromatic carbocycles. The Hall–Kier alpha value is -3.49. The Morgan fingerprint density at radius 2 is 1.76 bits per heavy atom. The summed E-state index contributed by atoms with van der Waals surface area (Å²) in [7, 11) is 2.70. The molecule has 0 bridgehead atoms. The van der Waals surface area contributed by atoms with Crippen LogP contribution in [0.2, 0.25) is 0 Å². The second-order valence-electron chi connectivity index (χ2n) is 6.11. The van der Waals surface area contributed by atoms with Crippen molar-refractivity contribution >= 4 is 23.5 Å². The van der Waals surface area contributed by atoms with Gasteiger partial charge in [-0.2, -0.15) is 0 Å². The van der Waals surface area contributed by atoms with Gasteiger partial charge in [0.2, 0.25) is 5.91 Å². The summed E-state index contributed by atoms with van der Waals surface area (Å²) in [6.07, 6.45) is -0.219. The van der Waals surface area contributed by atoms with Gasteiger partial charge in [0.05, 0.1) is 20.1 Å². The number of anilines is 1. The molecule has 0 radical (unpaired) electrons. The summed E-state index contributed by atoms with van der Waals surface area (Å²) in [5.74, 6) is -2.79. The Kier molecular flexibility index (Phi) is 7.64. The second kappa shape index (κ2) is 10.2. The molecule has 2 aromatic rings. The van der Waals surface area contributed by atoms with Gasteiger partial charge in [0.1, 0.15) is 5.82 Å². The molecule has 9 heteroatoms. The molecule has 0 aliphatic carbocycles. The number of rotatable bonds is 8. The van der Waals surface area contributed by atoms with E-state index in [4.69, 9.17) is 9.47 Å². The maximum absolute atomic E-state index is 13.6. The van der Waals surface area contributed by atoms with Gasteiger partial charge in [0.15, 0.2) is 18.2 Å². The third kappa shape index (κ3) is 6.87. The monoisotopic (exact) mass is 406 g/mol. The SMILES string of the molecule is COc1ccc(CC(=O)OCC(=O)N(C)CC(=O)Nc2ccc(F)cc2)cc1F. The average Bonchev–Trinajstić information content (AvgIpc) is 2.68. The Labute approximate surface area is 166 Å². The smallest absolute Gasteiger partial charge is 0.310 e. The van der Waals surface area contributed by atoms with E-state index in [1.807, 2.05) is 0 Å². The second-order valence-corrected chi connectivity index (χ2v) is 6.11. The molecule has 0 aliphatic heterocycles. The van der Waals surface area contributed by atoms with Crippen LogP contribution in [0.5, 0.6) is 5.75 Å². The van der Waals surface area contributed by atoms with Gasteiger partial charge < -0.3 is 19.7 Å². The normalized spacial score (nSPS) is 10.2. The van der Waals surface area contributed by atoms with E-state index in [9.17, 15) is 23.2 Å². The van der Waals surface area contributed by atoms with Crippen molar-refractivity contribution in [1.29, 1.82) is 0 Å². The predicted octanol–water partition coefficient (Wildman–Crippen LogP) is 2.16. The lowest BCUT2D eigenvalue weighted by molar-refractivity contribution is -0.151. The van der Waals surface area contributed by atoms with E-state index in [-0.39, 0.29) is 18.7 Å². The fraction of sp³-hybridized carbons (Fsp3) is 0.250. The predicted molar refractivity (Wildman–Crippen MR) is 100 cm³/mol. The molecule has 2 rings (SSSR count). The highest BCUT2D eigenvalue weighted by molar-refractivity contribution is 5.94. The van der Waals surface area contributed by atoms with Gasteiger partial charge in [-0.1, -0.05) is 6.07 Å². The van der Waals surface area contributed by atoms with Crippen molar-refractivity contribution in [2.75, 3.05) is 32.6 Å². The molecule has 154 valence electrons. The van der Waals surface area contributed by atoms with Crippen LogP contribution in [-0.4, -0.2) is 50.0 Å². The van der Waals surface area contributed by atoms with Crippen molar-refractivity contribution < 1.29 is 32.6 Å². The molecular formula is C20H20F2N2O5. The number of nitrogens with zero attached hydrogens (tertiary/aromatic N) is 1. The van der Waals surface area contributed by atoms with E-state index >= 15 is 0 Å². The molecule has 0 unspecified atom stereocenters. The topological polar surface area (TPSA) is 84.9 Å². The number of carbonyl (C=O) groups is 3. The Morgan fingerprint density at radius 1 is 1.07 bits per heavy atom. The minimum atomic E-state index is -0.716. The molecule has 0 saturated carbocycles. The van der Waals surface area contributed by atoms with Crippen LogP contribution in [0.4, 0.5) is 14.5 Å². The molecule has 7 nitrogen and oxygen atoms in total. The third-order valence-electron chi connectivity index (χ3n) is 3.86. The van der Waals surface area contributed by atoms with Gasteiger partial charge in [0, 0.05) is 12.7 Å². The zero-order chi connectivity index (χ0) is 21.4. The molecule has 0 saturated heterocycles. The summed E-state index contributed by atoms with van der Waals surface area (Å²) in [6, 6.07) is 9.20. The summed E-state index contributed by atoms with van der Waals surface area (Å²) in [5.41, 5.74) is 0.753. The van der Waals surface area contributed by atoms with Crippen molar-refractivity contribution in [1.82, 2.24) is 4.90 Å². The minimum absolute atomic E-state index is 0.0535. The number of methoxy groups -OCH3 is 1. The number of likely N-dealkylation sites (N-methyl/N-ethyl adjacent to an activating group) is 1. The first-order valence-corrected chi connectivity index (χ1v) is 8.56. The number of nitrogens with one attached hydrogen (secondary N) is 1. The molecule has 0 aliphatic rings. The van der Waals surface area contributed by atoms with Crippen LogP contribution in [0, 0.1) is 11.6 Å². The Balaban J connectivity index is 1.77. The van der Waals surface area contributed by atoms with E-state index in [1.165, 1.54) is 50.6 Å². The van der Waals surface area contributed by atoms with Crippen LogP contribution in [0.3, 0.4) is 0 Å². The Bertz CT molecular complexity index is 887. The third-order valence-corrected chi connectivity index (χ3v) is 3.86. The molecule has 1 N–H and O–H groups in total. The first kappa shape index (κ1) is 21.8. The number of amides is 2. The quantitative estimate of drug-likeness (QED) is 0.679. The highest BCUT2D eigenvalue weighted by atomic mass is 19.1. The van der Waals surface area contributed by atoms with E-state index in [0.29, 0.717) is 11.3 Å². The fourth-order valence-electron chi connectivity index (χ4n) is 2.33. The van der Waals surface area contributed by atoms with Crippen molar-refractivity contribution in [2.45, 2.75) is 6.42 Å². The first-order chi connectivity index (χ1) is 13.8. The molecule has 0 aromatic heterocycles. The van der Waals surface area contributed by atoms with Gasteiger partial charge in [-0.3, -0.25) is 14.4 Å². The molecule has 0 fully saturated rings. The maximum atomic E-state index is 13.6. The highest BCUT2D eigenvalue weighted by Gasteiger charge is 2.16. The number of esters is 1. The number of benzene rings is 2. The van der Waals surface area contributed by atoms with E-state index in [2.05, 4.69) is 5.32 Å². The van der Waals surface area contributed by atoms with Gasteiger partial charge in [-0.15, -0.1) is 0 Å². The van der Waals surface area contributed by atoms with Crippen molar-refractivity contribution in [3.8, 4) is 5.75 Å². The summed E-state index contributed by atoms with van der Waals surface area (Å²) in [4.78, 5) is 36.9. The van der Waals surface area contributed by atoms with Crippen LogP contribution in [0.1, 0.15) is 5.56 Å². The summed E-state index contributed by atoms with van der Waals surface area (Å²) in [5, 5.41) is 2.51. The number of ether oxygens (including phenoxy) is 2. The zero-order valence-electron chi connectivity index (χ0n) is 15.9. The van der Waals surface area contributed by atoms with Crippen molar-refractivity contribution in [3.05, 3.63) is 59.7 Å². The zero-order valence-corrected chi connectivity index (χ0v) is 15.9. The van der Waals surface area contributed by atoms with Crippen LogP contribution in [-0.2, 0) is 25.5 Å². The fourth-order valence-corrected chi connectivity index (χ4v) is 2.33. The molecule has 29 heavy (non-hydrogen) atoms. The largest absolute Gasteiger partial charge is 0.494 e. The summed E-state index contributed by atoms with van der Waals surface area (Å²) >= 11 is 0. The lowest BCUT2D eigenvalue weighted by Gasteiger charge is -2.17. The summed E-state index contributed by atoms with van der Waals surface area (Å²) < 4.78 is 36.1. The van der Waals surface area contributed by atoms with Gasteiger partial charge in [-0.05, 0) is 42.0 Å². The molecule has 0 spiro atoms. The highest BCUT2D eigenvalue weighted by Crippen LogP contribution is 2.18. The number of carbonyl (C=O) groups excluding carboxylic acids is 3. The van der Waals surface area contributed by atoms with Crippen LogP contribution in [0.25, 0.3) is 0 Å². The van der Waals surface area contributed by atoms with Crippen molar-refractivity contribution in [3.63, 3.8) is 0 Å². The Morgan fingerprint density at radius 3 is 2.38 bits per heavy atom. The van der Waals surface area contributed by atoms with Crippen molar-refractivity contribution in [2.24, 2.45) is 0 Å². The molecular weight excluding hydrogens is 386 g/mol. The lowest BCUT2D eigenvalue weighted by Crippen LogP contribution is -2.37. The summed E-state index contributed by atoms with van der Waals surface area (Å²) in [6.45, 7) is -0.838. The molecule has 0 heterocycles. The van der Waals surface area contributed by atoms with Gasteiger partial charge in [-0.25, -0.2) is 8.78 Å². The maximum Gasteiger partial charge on any atom is 0.310 e. The number of halogens is 2. The van der Waals surface area contributed by atoms with E-state index < -0.39 is 36.0 Å². The van der Waals surface area contributed by atoms with E-state index in [1.54, 1.807) is 0 Å². The molecule has 0 atom stereocenters. The van der Waals surface area contributed by atoms with Crippen LogP contribution >= 0.6 is 0 Å². The van der Waals surface area contributed by atoms with Gasteiger partial charge >= 0.3 is 5.97 Å².